The van der Waals surface area contributed by atoms with Gasteiger partial charge in [-0.1, -0.05) is 29.5 Å². The molecule has 1 unspecified atom stereocenters. The molecule has 0 aliphatic rings. The number of aromatic amines is 1. The monoisotopic (exact) mass is 415 g/mol. The Morgan fingerprint density at radius 3 is 2.48 bits per heavy atom. The molecule has 1 heterocycles. The zero-order valence-corrected chi connectivity index (χ0v) is 16.5. The lowest BCUT2D eigenvalue weighted by Gasteiger charge is -2.13. The topological polar surface area (TPSA) is 141 Å². The van der Waals surface area contributed by atoms with Crippen LogP contribution >= 0.6 is 11.3 Å². The van der Waals surface area contributed by atoms with E-state index in [1.807, 2.05) is 12.1 Å². The number of benzene rings is 2. The molecule has 0 saturated heterocycles. The zero-order chi connectivity index (χ0) is 21.0. The molecule has 2 aromatic carbocycles. The van der Waals surface area contributed by atoms with Gasteiger partial charge >= 0.3 is 10.8 Å². The molecule has 0 aliphatic carbocycles. The molecule has 29 heavy (non-hydrogen) atoms. The number of carbonyl (C=O) groups excluding carboxylic acids is 1. The molecule has 0 saturated carbocycles. The Balaban J connectivity index is 1.65. The average molecular weight is 415 g/mol. The summed E-state index contributed by atoms with van der Waals surface area (Å²) < 4.78 is 10.4. The molecular weight excluding hydrogens is 394 g/mol. The highest BCUT2D eigenvalue weighted by atomic mass is 32.1. The third kappa shape index (κ3) is 5.15. The van der Waals surface area contributed by atoms with Crippen LogP contribution in [-0.4, -0.2) is 29.2 Å². The van der Waals surface area contributed by atoms with E-state index < -0.39 is 12.0 Å². The van der Waals surface area contributed by atoms with Crippen molar-refractivity contribution in [2.75, 3.05) is 12.8 Å². The van der Waals surface area contributed by atoms with E-state index >= 15 is 0 Å². The zero-order valence-electron chi connectivity index (χ0n) is 15.7. The van der Waals surface area contributed by atoms with Gasteiger partial charge in [-0.05, 0) is 29.3 Å². The molecule has 152 valence electrons. The summed E-state index contributed by atoms with van der Waals surface area (Å²) in [5, 5.41) is 9.67. The minimum absolute atomic E-state index is 0.0946. The number of hydrogen-bond acceptors (Lipinski definition) is 8. The quantitative estimate of drug-likeness (QED) is 0.342. The number of methoxy groups -OCH3 is 1. The number of aromatic hydroxyl groups is 1. The number of anilines is 1. The van der Waals surface area contributed by atoms with E-state index in [-0.39, 0.29) is 17.2 Å². The van der Waals surface area contributed by atoms with Crippen molar-refractivity contribution in [1.82, 2.24) is 4.98 Å². The third-order valence-electron chi connectivity index (χ3n) is 4.29. The third-order valence-corrected chi connectivity index (χ3v) is 5.16. The number of nitrogens with two attached hydrogens (primary N) is 2. The second-order valence-electron chi connectivity index (χ2n) is 6.40. The van der Waals surface area contributed by atoms with Crippen LogP contribution in [0.2, 0.25) is 0 Å². The molecule has 8 nitrogen and oxygen atoms in total. The van der Waals surface area contributed by atoms with Gasteiger partial charge in [0.1, 0.15) is 17.5 Å². The number of nitrogen functional groups attached to an aromatic ring is 1. The second-order valence-corrected chi connectivity index (χ2v) is 7.47. The molecule has 0 amide bonds. The molecule has 0 bridgehead atoms. The van der Waals surface area contributed by atoms with E-state index in [0.717, 1.165) is 22.5 Å². The van der Waals surface area contributed by atoms with Crippen molar-refractivity contribution in [3.05, 3.63) is 68.1 Å². The van der Waals surface area contributed by atoms with Gasteiger partial charge in [0.2, 0.25) is 5.88 Å². The number of H-pyrrole nitrogens is 1. The van der Waals surface area contributed by atoms with Crippen molar-refractivity contribution in [3.8, 4) is 17.4 Å². The van der Waals surface area contributed by atoms with Crippen LogP contribution in [-0.2, 0) is 22.4 Å². The summed E-state index contributed by atoms with van der Waals surface area (Å²) in [4.78, 5) is 25.4. The van der Waals surface area contributed by atoms with Gasteiger partial charge in [-0.15, -0.1) is 0 Å². The van der Waals surface area contributed by atoms with Gasteiger partial charge in [-0.3, -0.25) is 14.6 Å². The second kappa shape index (κ2) is 8.80. The van der Waals surface area contributed by atoms with Crippen molar-refractivity contribution in [2.24, 2.45) is 5.73 Å². The fraction of sp³-hybridized carbons (Fsp3) is 0.200. The average Bonchev–Trinajstić information content (AvgIpc) is 3.01. The molecule has 1 atom stereocenters. The maximum Gasteiger partial charge on any atom is 0.322 e. The molecule has 0 radical (unpaired) electrons. The van der Waals surface area contributed by atoms with Gasteiger partial charge in [0.25, 0.3) is 0 Å². The van der Waals surface area contributed by atoms with Crippen molar-refractivity contribution < 1.29 is 19.4 Å². The first kappa shape index (κ1) is 20.4. The number of carbonyl (C=O) groups is 1. The molecule has 0 fully saturated rings. The van der Waals surface area contributed by atoms with E-state index in [1.54, 1.807) is 30.3 Å². The summed E-state index contributed by atoms with van der Waals surface area (Å²) in [7, 11) is 1.29. The van der Waals surface area contributed by atoms with Gasteiger partial charge in [0, 0.05) is 24.6 Å². The first-order chi connectivity index (χ1) is 13.9. The highest BCUT2D eigenvalue weighted by Crippen LogP contribution is 2.27. The van der Waals surface area contributed by atoms with Gasteiger partial charge in [0.15, 0.2) is 0 Å². The fourth-order valence-electron chi connectivity index (χ4n) is 2.76. The van der Waals surface area contributed by atoms with Crippen LogP contribution in [0, 0.1) is 0 Å². The maximum absolute atomic E-state index is 11.5. The van der Waals surface area contributed by atoms with Crippen LogP contribution in [0.4, 0.5) is 5.69 Å². The Morgan fingerprint density at radius 2 is 1.90 bits per heavy atom. The van der Waals surface area contributed by atoms with Crippen molar-refractivity contribution >= 4 is 23.0 Å². The van der Waals surface area contributed by atoms with Gasteiger partial charge in [0.05, 0.1) is 12.0 Å². The lowest BCUT2D eigenvalue weighted by Crippen LogP contribution is -2.33. The Morgan fingerprint density at radius 1 is 1.21 bits per heavy atom. The number of esters is 1. The van der Waals surface area contributed by atoms with Crippen LogP contribution in [0.25, 0.3) is 0 Å². The number of aromatic nitrogens is 1. The van der Waals surface area contributed by atoms with Gasteiger partial charge in [-0.25, -0.2) is 0 Å². The van der Waals surface area contributed by atoms with E-state index in [2.05, 4.69) is 9.72 Å². The van der Waals surface area contributed by atoms with Crippen LogP contribution in [0.3, 0.4) is 0 Å². The molecule has 0 spiro atoms. The molecule has 9 heteroatoms. The summed E-state index contributed by atoms with van der Waals surface area (Å²) in [6, 6.07) is 11.7. The Kier molecular flexibility index (Phi) is 6.20. The number of ether oxygens (including phenoxy) is 2. The standard InChI is InChI=1S/C20H21N3O5S/c1-27-19(25)16(22)9-12-4-7-14(10-15(12)21)28-13-5-2-11(3-6-13)8-17-18(24)23-20(26)29-17/h2-7,10,16,24H,8-9,21-22H2,1H3,(H,23,26). The number of nitrogens with one attached hydrogen (secondary N) is 1. The van der Waals surface area contributed by atoms with E-state index in [4.69, 9.17) is 16.2 Å². The normalized spacial score (nSPS) is 11.8. The van der Waals surface area contributed by atoms with Gasteiger partial charge in [-0.2, -0.15) is 0 Å². The molecular formula is C20H21N3O5S. The number of hydrogen-bond donors (Lipinski definition) is 4. The minimum atomic E-state index is -0.778. The van der Waals surface area contributed by atoms with E-state index in [1.165, 1.54) is 7.11 Å². The molecule has 6 N–H and O–H groups in total. The van der Waals surface area contributed by atoms with Crippen LogP contribution in [0.5, 0.6) is 17.4 Å². The molecule has 3 aromatic rings. The smallest absolute Gasteiger partial charge is 0.322 e. The summed E-state index contributed by atoms with van der Waals surface area (Å²) in [5.41, 5.74) is 14.0. The Labute approximate surface area is 170 Å². The van der Waals surface area contributed by atoms with E-state index in [0.29, 0.717) is 28.5 Å². The summed E-state index contributed by atoms with van der Waals surface area (Å²) in [5.74, 6) is 0.568. The Bertz CT molecular complexity index is 1060. The fourth-order valence-corrected chi connectivity index (χ4v) is 3.52. The first-order valence-electron chi connectivity index (χ1n) is 8.75. The number of thiazole rings is 1. The van der Waals surface area contributed by atoms with Crippen LogP contribution < -0.4 is 21.1 Å². The highest BCUT2D eigenvalue weighted by Gasteiger charge is 2.16. The molecule has 0 aliphatic heterocycles. The lowest BCUT2D eigenvalue weighted by molar-refractivity contribution is -0.142. The maximum atomic E-state index is 11.5. The lowest BCUT2D eigenvalue weighted by atomic mass is 10.0. The minimum Gasteiger partial charge on any atom is -0.494 e. The SMILES string of the molecule is COC(=O)C(N)Cc1ccc(Oc2ccc(Cc3sc(=O)[nH]c3O)cc2)cc1N. The van der Waals surface area contributed by atoms with Crippen molar-refractivity contribution in [1.29, 1.82) is 0 Å². The van der Waals surface area contributed by atoms with Crippen molar-refractivity contribution in [3.63, 3.8) is 0 Å². The van der Waals surface area contributed by atoms with E-state index in [9.17, 15) is 14.7 Å². The Hall–Kier alpha value is -3.30. The first-order valence-corrected chi connectivity index (χ1v) is 9.57. The summed E-state index contributed by atoms with van der Waals surface area (Å²) >= 11 is 0.982. The summed E-state index contributed by atoms with van der Waals surface area (Å²) in [6.45, 7) is 0. The van der Waals surface area contributed by atoms with Crippen molar-refractivity contribution in [2.45, 2.75) is 18.9 Å². The number of rotatable bonds is 7. The predicted molar refractivity (Wildman–Crippen MR) is 110 cm³/mol. The summed E-state index contributed by atoms with van der Waals surface area (Å²) in [6.07, 6.45) is 0.711. The molecule has 1 aromatic heterocycles. The highest BCUT2D eigenvalue weighted by molar-refractivity contribution is 7.09. The van der Waals surface area contributed by atoms with Crippen LogP contribution in [0.15, 0.2) is 47.3 Å². The predicted octanol–water partition coefficient (Wildman–Crippen LogP) is 2.15. The molecule has 3 rings (SSSR count). The largest absolute Gasteiger partial charge is 0.494 e. The van der Waals surface area contributed by atoms with Crippen LogP contribution in [0.1, 0.15) is 16.0 Å². The van der Waals surface area contributed by atoms with Gasteiger partial charge < -0.3 is 26.0 Å².